The summed E-state index contributed by atoms with van der Waals surface area (Å²) in [5.74, 6) is -0.397. The van der Waals surface area contributed by atoms with Gasteiger partial charge in [0, 0.05) is 5.75 Å². The van der Waals surface area contributed by atoms with Crippen LogP contribution >= 0.6 is 23.1 Å². The maximum absolute atomic E-state index is 10.4. The highest BCUT2D eigenvalue weighted by Crippen LogP contribution is 2.26. The number of carboxylic acid groups (broad SMARTS) is 1. The van der Waals surface area contributed by atoms with Gasteiger partial charge in [0.05, 0.1) is 17.4 Å². The zero-order valence-corrected chi connectivity index (χ0v) is 10.8. The second-order valence-corrected chi connectivity index (χ2v) is 5.33. The van der Waals surface area contributed by atoms with Gasteiger partial charge in [-0.05, 0) is 11.4 Å². The van der Waals surface area contributed by atoms with E-state index in [1.165, 1.54) is 11.3 Å². The second-order valence-electron chi connectivity index (χ2n) is 3.41. The quantitative estimate of drug-likeness (QED) is 0.780. The number of carbonyl (C=O) groups is 1. The van der Waals surface area contributed by atoms with Crippen LogP contribution in [0.5, 0.6) is 0 Å². The van der Waals surface area contributed by atoms with Gasteiger partial charge in [-0.15, -0.1) is 21.5 Å². The average Bonchev–Trinajstić information content (AvgIpc) is 2.96. The van der Waals surface area contributed by atoms with Gasteiger partial charge in [-0.1, -0.05) is 17.8 Å². The molecule has 0 aliphatic rings. The molecule has 0 amide bonds. The average molecular weight is 286 g/mol. The molecule has 2 N–H and O–H groups in total. The van der Waals surface area contributed by atoms with Gasteiger partial charge in [-0.25, -0.2) is 0 Å². The van der Waals surface area contributed by atoms with E-state index in [0.29, 0.717) is 11.1 Å². The van der Waals surface area contributed by atoms with Gasteiger partial charge < -0.3 is 14.6 Å². The van der Waals surface area contributed by atoms with Gasteiger partial charge in [-0.2, -0.15) is 0 Å². The molecule has 2 heterocycles. The Bertz CT molecular complexity index is 512. The van der Waals surface area contributed by atoms with Crippen molar-refractivity contribution < 1.29 is 19.4 Å². The number of nitrogens with zero attached hydrogens (tertiary/aromatic N) is 2. The third-order valence-corrected chi connectivity index (χ3v) is 3.77. The summed E-state index contributed by atoms with van der Waals surface area (Å²) in [5, 5.41) is 27.8. The number of aliphatic carboxylic acids is 1. The smallest absolute Gasteiger partial charge is 0.306 e. The SMILES string of the molecule is O=C(O)CC(O)CSc1nnc(-c2cccs2)o1. The number of carboxylic acids is 1. The Kier molecular flexibility index (Phi) is 4.34. The summed E-state index contributed by atoms with van der Waals surface area (Å²) in [6.07, 6.45) is -1.22. The Morgan fingerprint density at radius 3 is 3.06 bits per heavy atom. The Labute approximate surface area is 111 Å². The summed E-state index contributed by atoms with van der Waals surface area (Å²) in [4.78, 5) is 11.2. The second kappa shape index (κ2) is 5.98. The number of aliphatic hydroxyl groups is 1. The van der Waals surface area contributed by atoms with Crippen molar-refractivity contribution in [2.45, 2.75) is 17.7 Å². The molecule has 2 aromatic heterocycles. The Hall–Kier alpha value is -1.38. The molecule has 1 unspecified atom stereocenters. The summed E-state index contributed by atoms with van der Waals surface area (Å²) < 4.78 is 5.38. The van der Waals surface area contributed by atoms with Crippen LogP contribution in [0.25, 0.3) is 10.8 Å². The monoisotopic (exact) mass is 286 g/mol. The molecule has 0 aliphatic carbocycles. The molecule has 6 nitrogen and oxygen atoms in total. The minimum absolute atomic E-state index is 0.207. The molecule has 0 aliphatic heterocycles. The Morgan fingerprint density at radius 1 is 1.56 bits per heavy atom. The molecular weight excluding hydrogens is 276 g/mol. The zero-order valence-electron chi connectivity index (χ0n) is 9.15. The van der Waals surface area contributed by atoms with Crippen molar-refractivity contribution in [3.05, 3.63) is 17.5 Å². The molecule has 0 spiro atoms. The van der Waals surface area contributed by atoms with Crippen molar-refractivity contribution in [2.75, 3.05) is 5.75 Å². The molecule has 0 fully saturated rings. The van der Waals surface area contributed by atoms with Crippen LogP contribution in [0, 0.1) is 0 Å². The van der Waals surface area contributed by atoms with Crippen LogP contribution in [0.2, 0.25) is 0 Å². The van der Waals surface area contributed by atoms with E-state index in [0.717, 1.165) is 16.6 Å². The van der Waals surface area contributed by atoms with Gasteiger partial charge in [0.15, 0.2) is 0 Å². The van der Waals surface area contributed by atoms with E-state index >= 15 is 0 Å². The molecule has 2 rings (SSSR count). The largest absolute Gasteiger partial charge is 0.481 e. The maximum atomic E-state index is 10.4. The van der Waals surface area contributed by atoms with Crippen molar-refractivity contribution >= 4 is 29.1 Å². The highest BCUT2D eigenvalue weighted by atomic mass is 32.2. The molecule has 0 saturated carbocycles. The van der Waals surface area contributed by atoms with Crippen LogP contribution in [-0.4, -0.2) is 38.2 Å². The molecule has 8 heteroatoms. The molecule has 2 aromatic rings. The van der Waals surface area contributed by atoms with Crippen LogP contribution in [0.3, 0.4) is 0 Å². The van der Waals surface area contributed by atoms with Crippen LogP contribution in [0.15, 0.2) is 27.2 Å². The van der Waals surface area contributed by atoms with Gasteiger partial charge in [0.2, 0.25) is 0 Å². The lowest BCUT2D eigenvalue weighted by molar-refractivity contribution is -0.138. The fourth-order valence-electron chi connectivity index (χ4n) is 1.20. The number of hydrogen-bond donors (Lipinski definition) is 2. The summed E-state index contributed by atoms with van der Waals surface area (Å²) in [5.41, 5.74) is 0. The van der Waals surface area contributed by atoms with Crippen molar-refractivity contribution in [1.82, 2.24) is 10.2 Å². The van der Waals surface area contributed by atoms with Gasteiger partial charge in [0.1, 0.15) is 0 Å². The highest BCUT2D eigenvalue weighted by molar-refractivity contribution is 7.99. The fourth-order valence-corrected chi connectivity index (χ4v) is 2.53. The number of rotatable bonds is 6. The standard InChI is InChI=1S/C10H10N2O4S2/c13-6(4-8(14)15)5-18-10-12-11-9(16-10)7-2-1-3-17-7/h1-3,6,13H,4-5H2,(H,14,15). The molecule has 18 heavy (non-hydrogen) atoms. The number of thioether (sulfide) groups is 1. The lowest BCUT2D eigenvalue weighted by Gasteiger charge is -2.03. The molecule has 96 valence electrons. The summed E-state index contributed by atoms with van der Waals surface area (Å²) >= 11 is 2.63. The van der Waals surface area contributed by atoms with Crippen LogP contribution < -0.4 is 0 Å². The van der Waals surface area contributed by atoms with Gasteiger partial charge in [-0.3, -0.25) is 4.79 Å². The van der Waals surface area contributed by atoms with Crippen molar-refractivity contribution in [3.8, 4) is 10.8 Å². The summed E-state index contributed by atoms with van der Waals surface area (Å²) in [7, 11) is 0. The van der Waals surface area contributed by atoms with Gasteiger partial charge in [0.25, 0.3) is 11.1 Å². The van der Waals surface area contributed by atoms with Crippen molar-refractivity contribution in [2.24, 2.45) is 0 Å². The molecule has 0 bridgehead atoms. The zero-order chi connectivity index (χ0) is 13.0. The lowest BCUT2D eigenvalue weighted by Crippen LogP contribution is -2.15. The van der Waals surface area contributed by atoms with E-state index in [4.69, 9.17) is 9.52 Å². The predicted molar refractivity (Wildman–Crippen MR) is 66.6 cm³/mol. The predicted octanol–water partition coefficient (Wildman–Crippen LogP) is 1.73. The van der Waals surface area contributed by atoms with Crippen LogP contribution in [-0.2, 0) is 4.79 Å². The molecular formula is C10H10N2O4S2. The first kappa shape index (κ1) is 13.1. The molecule has 0 radical (unpaired) electrons. The minimum Gasteiger partial charge on any atom is -0.481 e. The van der Waals surface area contributed by atoms with Crippen LogP contribution in [0.1, 0.15) is 6.42 Å². The first-order valence-electron chi connectivity index (χ1n) is 5.05. The maximum Gasteiger partial charge on any atom is 0.306 e. The lowest BCUT2D eigenvalue weighted by atomic mass is 10.3. The Balaban J connectivity index is 1.89. The van der Waals surface area contributed by atoms with E-state index in [1.54, 1.807) is 0 Å². The normalized spacial score (nSPS) is 12.5. The molecule has 1 atom stereocenters. The number of thiophene rings is 1. The van der Waals surface area contributed by atoms with Crippen molar-refractivity contribution in [3.63, 3.8) is 0 Å². The summed E-state index contributed by atoms with van der Waals surface area (Å²) in [6, 6.07) is 3.75. The van der Waals surface area contributed by atoms with Crippen LogP contribution in [0.4, 0.5) is 0 Å². The third kappa shape index (κ3) is 3.56. The van der Waals surface area contributed by atoms with E-state index in [9.17, 15) is 9.90 Å². The van der Waals surface area contributed by atoms with E-state index < -0.39 is 12.1 Å². The summed E-state index contributed by atoms with van der Waals surface area (Å²) in [6.45, 7) is 0. The topological polar surface area (TPSA) is 96.5 Å². The van der Waals surface area contributed by atoms with Gasteiger partial charge >= 0.3 is 5.97 Å². The van der Waals surface area contributed by atoms with E-state index in [-0.39, 0.29) is 12.2 Å². The number of hydrogen-bond acceptors (Lipinski definition) is 7. The van der Waals surface area contributed by atoms with Crippen molar-refractivity contribution in [1.29, 1.82) is 0 Å². The first-order valence-corrected chi connectivity index (χ1v) is 6.91. The van der Waals surface area contributed by atoms with E-state index in [1.807, 2.05) is 17.5 Å². The first-order chi connectivity index (χ1) is 8.65. The Morgan fingerprint density at radius 2 is 2.39 bits per heavy atom. The third-order valence-electron chi connectivity index (χ3n) is 1.95. The highest BCUT2D eigenvalue weighted by Gasteiger charge is 2.14. The number of aromatic nitrogens is 2. The number of aliphatic hydroxyl groups excluding tert-OH is 1. The molecule has 0 saturated heterocycles. The minimum atomic E-state index is -1.03. The molecule has 0 aromatic carbocycles. The van der Waals surface area contributed by atoms with E-state index in [2.05, 4.69) is 10.2 Å². The fraction of sp³-hybridized carbons (Fsp3) is 0.300.